The van der Waals surface area contributed by atoms with E-state index in [-0.39, 0.29) is 0 Å². The first-order valence-electron chi connectivity index (χ1n) is 5.38. The molecule has 1 heterocycles. The summed E-state index contributed by atoms with van der Waals surface area (Å²) in [6, 6.07) is 2.25. The average Bonchev–Trinajstić information content (AvgIpc) is 2.68. The summed E-state index contributed by atoms with van der Waals surface area (Å²) in [6.07, 6.45) is 5.48. The van der Waals surface area contributed by atoms with E-state index in [0.717, 1.165) is 17.7 Å². The van der Waals surface area contributed by atoms with Gasteiger partial charge in [0.2, 0.25) is 0 Å². The fourth-order valence-corrected chi connectivity index (χ4v) is 4.11. The van der Waals surface area contributed by atoms with Gasteiger partial charge in [-0.25, -0.2) is 0 Å². The lowest BCUT2D eigenvalue weighted by Gasteiger charge is -2.28. The van der Waals surface area contributed by atoms with Gasteiger partial charge in [-0.05, 0) is 65.3 Å². The van der Waals surface area contributed by atoms with E-state index in [1.807, 2.05) is 0 Å². The van der Waals surface area contributed by atoms with Crippen LogP contribution in [0.2, 0.25) is 0 Å². The second-order valence-electron chi connectivity index (χ2n) is 5.11. The lowest BCUT2D eigenvalue weighted by molar-refractivity contribution is 0.303. The maximum atomic E-state index is 6.17. The molecule has 2 aliphatic carbocycles. The van der Waals surface area contributed by atoms with Crippen molar-refractivity contribution in [1.82, 2.24) is 0 Å². The van der Waals surface area contributed by atoms with Crippen LogP contribution < -0.4 is 0 Å². The van der Waals surface area contributed by atoms with Crippen LogP contribution in [0.25, 0.3) is 0 Å². The molecular formula is C12H15ClS. The average molecular weight is 227 g/mol. The zero-order chi connectivity index (χ0) is 9.60. The van der Waals surface area contributed by atoms with Gasteiger partial charge in [-0.3, -0.25) is 0 Å². The molecule has 2 heteroatoms. The quantitative estimate of drug-likeness (QED) is 0.685. The molecule has 0 spiro atoms. The SMILES string of the molecule is ClCC1(Cc2ccsc2)CC2CC2C1. The highest BCUT2D eigenvalue weighted by Gasteiger charge is 2.53. The first-order chi connectivity index (χ1) is 6.81. The van der Waals surface area contributed by atoms with E-state index >= 15 is 0 Å². The van der Waals surface area contributed by atoms with Crippen molar-refractivity contribution in [3.63, 3.8) is 0 Å². The Kier molecular flexibility index (Phi) is 2.14. The van der Waals surface area contributed by atoms with Crippen molar-refractivity contribution in [3.05, 3.63) is 22.4 Å². The van der Waals surface area contributed by atoms with E-state index in [9.17, 15) is 0 Å². The first-order valence-corrected chi connectivity index (χ1v) is 6.86. The summed E-state index contributed by atoms with van der Waals surface area (Å²) in [5.41, 5.74) is 1.95. The normalized spacial score (nSPS) is 39.8. The number of rotatable bonds is 3. The highest BCUT2D eigenvalue weighted by atomic mass is 35.5. The largest absolute Gasteiger partial charge is 0.152 e. The zero-order valence-corrected chi connectivity index (χ0v) is 9.78. The van der Waals surface area contributed by atoms with Crippen LogP contribution in [0.5, 0.6) is 0 Å². The van der Waals surface area contributed by atoms with Crippen LogP contribution in [0.4, 0.5) is 0 Å². The van der Waals surface area contributed by atoms with Gasteiger partial charge < -0.3 is 0 Å². The summed E-state index contributed by atoms with van der Waals surface area (Å²) >= 11 is 7.97. The van der Waals surface area contributed by atoms with Gasteiger partial charge in [-0.2, -0.15) is 11.3 Å². The number of halogens is 1. The predicted octanol–water partition coefficient (Wildman–Crippen LogP) is 3.95. The smallest absolute Gasteiger partial charge is 0.0283 e. The lowest BCUT2D eigenvalue weighted by Crippen LogP contribution is -2.23. The van der Waals surface area contributed by atoms with Gasteiger partial charge in [0, 0.05) is 5.88 Å². The summed E-state index contributed by atoms with van der Waals surface area (Å²) < 4.78 is 0. The molecule has 0 aromatic carbocycles. The van der Waals surface area contributed by atoms with Crippen molar-refractivity contribution >= 4 is 22.9 Å². The molecule has 3 rings (SSSR count). The molecule has 0 nitrogen and oxygen atoms in total. The van der Waals surface area contributed by atoms with Gasteiger partial charge >= 0.3 is 0 Å². The summed E-state index contributed by atoms with van der Waals surface area (Å²) in [6.45, 7) is 0. The number of hydrogen-bond acceptors (Lipinski definition) is 1. The number of alkyl halides is 1. The molecular weight excluding hydrogens is 212 g/mol. The van der Waals surface area contributed by atoms with Crippen molar-refractivity contribution in [2.45, 2.75) is 25.7 Å². The second-order valence-corrected chi connectivity index (χ2v) is 6.15. The van der Waals surface area contributed by atoms with Crippen LogP contribution in [0.15, 0.2) is 16.8 Å². The molecule has 0 N–H and O–H groups in total. The first kappa shape index (κ1) is 9.23. The molecule has 76 valence electrons. The molecule has 1 aromatic heterocycles. The summed E-state index contributed by atoms with van der Waals surface area (Å²) in [5.74, 6) is 2.93. The van der Waals surface area contributed by atoms with Crippen LogP contribution in [-0.4, -0.2) is 5.88 Å². The Morgan fingerprint density at radius 2 is 2.21 bits per heavy atom. The van der Waals surface area contributed by atoms with Gasteiger partial charge in [0.05, 0.1) is 0 Å². The molecule has 0 radical (unpaired) electrons. The van der Waals surface area contributed by atoms with E-state index in [0.29, 0.717) is 5.41 Å². The van der Waals surface area contributed by atoms with Crippen LogP contribution in [0.1, 0.15) is 24.8 Å². The molecule has 0 saturated heterocycles. The van der Waals surface area contributed by atoms with Gasteiger partial charge in [-0.15, -0.1) is 11.6 Å². The maximum Gasteiger partial charge on any atom is 0.0283 e. The molecule has 2 aliphatic rings. The summed E-state index contributed by atoms with van der Waals surface area (Å²) in [4.78, 5) is 0. The highest BCUT2D eigenvalue weighted by molar-refractivity contribution is 7.07. The Bertz CT molecular complexity index is 307. The Morgan fingerprint density at radius 1 is 1.43 bits per heavy atom. The summed E-state index contributed by atoms with van der Waals surface area (Å²) in [5, 5.41) is 4.45. The number of thiophene rings is 1. The van der Waals surface area contributed by atoms with Gasteiger partial charge in [0.1, 0.15) is 0 Å². The van der Waals surface area contributed by atoms with Crippen LogP contribution in [-0.2, 0) is 6.42 Å². The summed E-state index contributed by atoms with van der Waals surface area (Å²) in [7, 11) is 0. The molecule has 14 heavy (non-hydrogen) atoms. The molecule has 2 saturated carbocycles. The second kappa shape index (κ2) is 3.24. The number of fused-ring (bicyclic) bond motifs is 1. The highest BCUT2D eigenvalue weighted by Crippen LogP contribution is 2.61. The Hall–Kier alpha value is -0.0100. The number of hydrogen-bond donors (Lipinski definition) is 0. The van der Waals surface area contributed by atoms with Gasteiger partial charge in [0.25, 0.3) is 0 Å². The fourth-order valence-electron chi connectivity index (χ4n) is 3.13. The lowest BCUT2D eigenvalue weighted by atomic mass is 9.80. The molecule has 2 unspecified atom stereocenters. The third-order valence-corrected chi connectivity index (χ3v) is 5.20. The molecule has 0 aliphatic heterocycles. The third-order valence-electron chi connectivity index (χ3n) is 3.90. The van der Waals surface area contributed by atoms with E-state index in [4.69, 9.17) is 11.6 Å². The van der Waals surface area contributed by atoms with Crippen LogP contribution >= 0.6 is 22.9 Å². The zero-order valence-electron chi connectivity index (χ0n) is 8.21. The fraction of sp³-hybridized carbons (Fsp3) is 0.667. The minimum absolute atomic E-state index is 0.455. The van der Waals surface area contributed by atoms with Crippen molar-refractivity contribution in [1.29, 1.82) is 0 Å². The predicted molar refractivity (Wildman–Crippen MR) is 62.0 cm³/mol. The van der Waals surface area contributed by atoms with E-state index in [2.05, 4.69) is 16.8 Å². The van der Waals surface area contributed by atoms with E-state index in [1.165, 1.54) is 31.2 Å². The standard InChI is InChI=1S/C12H15ClS/c13-8-12(4-9-1-2-14-7-9)5-10-3-11(10)6-12/h1-2,7,10-11H,3-6,8H2. The van der Waals surface area contributed by atoms with Crippen LogP contribution in [0.3, 0.4) is 0 Å². The minimum Gasteiger partial charge on any atom is -0.152 e. The van der Waals surface area contributed by atoms with E-state index in [1.54, 1.807) is 11.3 Å². The Balaban J connectivity index is 1.75. The monoisotopic (exact) mass is 226 g/mol. The van der Waals surface area contributed by atoms with E-state index < -0.39 is 0 Å². The molecule has 0 amide bonds. The Labute approximate surface area is 94.3 Å². The molecule has 2 fully saturated rings. The van der Waals surface area contributed by atoms with Crippen molar-refractivity contribution in [2.75, 3.05) is 5.88 Å². The minimum atomic E-state index is 0.455. The van der Waals surface area contributed by atoms with Gasteiger partial charge in [0.15, 0.2) is 0 Å². The maximum absolute atomic E-state index is 6.17. The molecule has 2 atom stereocenters. The van der Waals surface area contributed by atoms with Crippen LogP contribution in [0, 0.1) is 17.3 Å². The third kappa shape index (κ3) is 1.51. The molecule has 1 aromatic rings. The Morgan fingerprint density at radius 3 is 2.79 bits per heavy atom. The van der Waals surface area contributed by atoms with Crippen molar-refractivity contribution in [3.8, 4) is 0 Å². The topological polar surface area (TPSA) is 0 Å². The van der Waals surface area contributed by atoms with Crippen molar-refractivity contribution < 1.29 is 0 Å². The van der Waals surface area contributed by atoms with Crippen molar-refractivity contribution in [2.24, 2.45) is 17.3 Å². The van der Waals surface area contributed by atoms with Gasteiger partial charge in [-0.1, -0.05) is 0 Å². The molecule has 0 bridgehead atoms.